The van der Waals surface area contributed by atoms with E-state index in [1.165, 1.54) is 0 Å². The number of anilines is 2. The summed E-state index contributed by atoms with van der Waals surface area (Å²) < 4.78 is 3.86. The SMILES string of the molecule is CCCc1nnsc1C(=O)Nc1ccc2c(c1)CC(=O)N2C. The molecule has 0 unspecified atom stereocenters. The fraction of sp³-hybridized carbons (Fsp3) is 0.333. The van der Waals surface area contributed by atoms with Crippen LogP contribution in [0.2, 0.25) is 0 Å². The van der Waals surface area contributed by atoms with Crippen LogP contribution in [-0.2, 0) is 17.6 Å². The topological polar surface area (TPSA) is 75.2 Å². The van der Waals surface area contributed by atoms with Crippen molar-refractivity contribution in [2.45, 2.75) is 26.2 Å². The molecule has 1 aliphatic heterocycles. The molecule has 0 bridgehead atoms. The maximum absolute atomic E-state index is 12.3. The highest BCUT2D eigenvalue weighted by Crippen LogP contribution is 2.30. The van der Waals surface area contributed by atoms with Crippen LogP contribution in [0, 0.1) is 0 Å². The van der Waals surface area contributed by atoms with Gasteiger partial charge in [-0.3, -0.25) is 9.59 Å². The van der Waals surface area contributed by atoms with Crippen molar-refractivity contribution in [2.24, 2.45) is 0 Å². The van der Waals surface area contributed by atoms with Crippen LogP contribution in [0.4, 0.5) is 11.4 Å². The normalized spacial score (nSPS) is 13.4. The summed E-state index contributed by atoms with van der Waals surface area (Å²) in [6, 6.07) is 5.51. The van der Waals surface area contributed by atoms with E-state index in [-0.39, 0.29) is 11.8 Å². The van der Waals surface area contributed by atoms with Gasteiger partial charge in [-0.15, -0.1) is 5.10 Å². The molecule has 0 fully saturated rings. The Balaban J connectivity index is 1.79. The van der Waals surface area contributed by atoms with E-state index >= 15 is 0 Å². The average molecular weight is 316 g/mol. The lowest BCUT2D eigenvalue weighted by Gasteiger charge is -2.11. The zero-order chi connectivity index (χ0) is 15.7. The van der Waals surface area contributed by atoms with E-state index in [1.54, 1.807) is 18.0 Å². The summed E-state index contributed by atoms with van der Waals surface area (Å²) in [5.74, 6) is -0.133. The maximum Gasteiger partial charge on any atom is 0.269 e. The van der Waals surface area contributed by atoms with E-state index < -0.39 is 0 Å². The van der Waals surface area contributed by atoms with Crippen molar-refractivity contribution in [3.63, 3.8) is 0 Å². The molecule has 22 heavy (non-hydrogen) atoms. The van der Waals surface area contributed by atoms with Crippen LogP contribution in [-0.4, -0.2) is 28.4 Å². The number of fused-ring (bicyclic) bond motifs is 1. The number of amides is 2. The highest BCUT2D eigenvalue weighted by molar-refractivity contribution is 7.08. The number of likely N-dealkylation sites (N-methyl/N-ethyl adjacent to an activating group) is 1. The molecule has 0 spiro atoms. The molecular formula is C15H16N4O2S. The smallest absolute Gasteiger partial charge is 0.269 e. The minimum atomic E-state index is -0.198. The van der Waals surface area contributed by atoms with Gasteiger partial charge in [-0.05, 0) is 41.7 Å². The number of rotatable bonds is 4. The van der Waals surface area contributed by atoms with Crippen LogP contribution >= 0.6 is 11.5 Å². The molecule has 1 N–H and O–H groups in total. The van der Waals surface area contributed by atoms with Gasteiger partial charge in [0.05, 0.1) is 12.1 Å². The summed E-state index contributed by atoms with van der Waals surface area (Å²) in [6.45, 7) is 2.04. The van der Waals surface area contributed by atoms with Crippen molar-refractivity contribution in [3.8, 4) is 0 Å². The highest BCUT2D eigenvalue weighted by Gasteiger charge is 2.24. The summed E-state index contributed by atoms with van der Waals surface area (Å²) in [4.78, 5) is 26.2. The summed E-state index contributed by atoms with van der Waals surface area (Å²) in [5.41, 5.74) is 3.25. The van der Waals surface area contributed by atoms with E-state index in [9.17, 15) is 9.59 Å². The predicted octanol–water partition coefficient (Wildman–Crippen LogP) is 2.26. The Kier molecular flexibility index (Phi) is 3.89. The van der Waals surface area contributed by atoms with E-state index in [0.717, 1.165) is 41.3 Å². The van der Waals surface area contributed by atoms with Crippen molar-refractivity contribution in [2.75, 3.05) is 17.3 Å². The van der Waals surface area contributed by atoms with Crippen LogP contribution in [0.3, 0.4) is 0 Å². The molecule has 0 saturated carbocycles. The molecule has 2 heterocycles. The number of carbonyl (C=O) groups excluding carboxylic acids is 2. The van der Waals surface area contributed by atoms with Gasteiger partial charge >= 0.3 is 0 Å². The first kappa shape index (κ1) is 14.6. The van der Waals surface area contributed by atoms with Gasteiger partial charge in [0.2, 0.25) is 5.91 Å². The Morgan fingerprint density at radius 3 is 3.05 bits per heavy atom. The summed E-state index contributed by atoms with van der Waals surface area (Å²) in [5, 5.41) is 6.87. The lowest BCUT2D eigenvalue weighted by atomic mass is 10.1. The number of hydrogen-bond donors (Lipinski definition) is 1. The number of hydrogen-bond acceptors (Lipinski definition) is 5. The zero-order valence-corrected chi connectivity index (χ0v) is 13.2. The summed E-state index contributed by atoms with van der Waals surface area (Å²) in [7, 11) is 1.76. The van der Waals surface area contributed by atoms with E-state index in [0.29, 0.717) is 17.0 Å². The van der Waals surface area contributed by atoms with Gasteiger partial charge in [0.1, 0.15) is 4.88 Å². The maximum atomic E-state index is 12.3. The largest absolute Gasteiger partial charge is 0.321 e. The van der Waals surface area contributed by atoms with E-state index in [2.05, 4.69) is 14.9 Å². The minimum Gasteiger partial charge on any atom is -0.321 e. The standard InChI is InChI=1S/C15H16N4O2S/c1-3-4-11-14(22-18-17-11)15(21)16-10-5-6-12-9(7-10)8-13(20)19(12)2/h5-7H,3-4,8H2,1-2H3,(H,16,21). The Morgan fingerprint density at radius 2 is 2.27 bits per heavy atom. The third-order valence-corrected chi connectivity index (χ3v) is 4.43. The number of aromatic nitrogens is 2. The number of nitrogens with zero attached hydrogens (tertiary/aromatic N) is 3. The molecule has 0 aliphatic carbocycles. The fourth-order valence-electron chi connectivity index (χ4n) is 2.52. The van der Waals surface area contributed by atoms with Crippen molar-refractivity contribution >= 4 is 34.7 Å². The monoisotopic (exact) mass is 316 g/mol. The Bertz CT molecular complexity index is 741. The predicted molar refractivity (Wildman–Crippen MR) is 85.4 cm³/mol. The highest BCUT2D eigenvalue weighted by atomic mass is 32.1. The second kappa shape index (κ2) is 5.84. The first-order valence-corrected chi connectivity index (χ1v) is 7.89. The third kappa shape index (κ3) is 2.59. The van der Waals surface area contributed by atoms with Crippen molar-refractivity contribution in [1.29, 1.82) is 0 Å². The fourth-order valence-corrected chi connectivity index (χ4v) is 3.12. The first-order chi connectivity index (χ1) is 10.6. The molecule has 3 rings (SSSR count). The van der Waals surface area contributed by atoms with Crippen LogP contribution in [0.25, 0.3) is 0 Å². The van der Waals surface area contributed by atoms with E-state index in [4.69, 9.17) is 0 Å². The molecule has 2 aromatic rings. The number of benzene rings is 1. The molecule has 7 heteroatoms. The number of nitrogens with one attached hydrogen (secondary N) is 1. The van der Waals surface area contributed by atoms with Crippen LogP contribution in [0.1, 0.15) is 34.3 Å². The first-order valence-electron chi connectivity index (χ1n) is 7.12. The van der Waals surface area contributed by atoms with Crippen LogP contribution in [0.5, 0.6) is 0 Å². The van der Waals surface area contributed by atoms with Gasteiger partial charge in [0.15, 0.2) is 0 Å². The molecule has 1 aromatic heterocycles. The van der Waals surface area contributed by atoms with Crippen LogP contribution < -0.4 is 10.2 Å². The molecule has 1 aromatic carbocycles. The average Bonchev–Trinajstić information content (AvgIpc) is 3.05. The molecule has 114 valence electrons. The lowest BCUT2D eigenvalue weighted by Crippen LogP contribution is -2.20. The van der Waals surface area contributed by atoms with Crippen molar-refractivity contribution in [3.05, 3.63) is 34.3 Å². The number of carbonyl (C=O) groups is 2. The van der Waals surface area contributed by atoms with Gasteiger partial charge in [0, 0.05) is 18.4 Å². The summed E-state index contributed by atoms with van der Waals surface area (Å²) >= 11 is 1.11. The second-order valence-electron chi connectivity index (χ2n) is 5.23. The lowest BCUT2D eigenvalue weighted by molar-refractivity contribution is -0.117. The van der Waals surface area contributed by atoms with Gasteiger partial charge in [0.25, 0.3) is 5.91 Å². The summed E-state index contributed by atoms with van der Waals surface area (Å²) in [6.07, 6.45) is 2.03. The molecule has 0 saturated heterocycles. The Labute approximate surface area is 132 Å². The Hall–Kier alpha value is -2.28. The quantitative estimate of drug-likeness (QED) is 0.939. The molecule has 1 aliphatic rings. The van der Waals surface area contributed by atoms with Gasteiger partial charge in [-0.1, -0.05) is 17.8 Å². The molecule has 2 amide bonds. The Morgan fingerprint density at radius 1 is 1.45 bits per heavy atom. The van der Waals surface area contributed by atoms with Gasteiger partial charge < -0.3 is 10.2 Å². The molecular weight excluding hydrogens is 300 g/mol. The van der Waals surface area contributed by atoms with Gasteiger partial charge in [-0.2, -0.15) is 0 Å². The van der Waals surface area contributed by atoms with Crippen LogP contribution in [0.15, 0.2) is 18.2 Å². The molecule has 0 radical (unpaired) electrons. The van der Waals surface area contributed by atoms with Crippen molar-refractivity contribution < 1.29 is 9.59 Å². The van der Waals surface area contributed by atoms with E-state index in [1.807, 2.05) is 19.1 Å². The number of aryl methyl sites for hydroxylation is 1. The van der Waals surface area contributed by atoms with Crippen molar-refractivity contribution in [1.82, 2.24) is 9.59 Å². The second-order valence-corrected chi connectivity index (χ2v) is 5.98. The zero-order valence-electron chi connectivity index (χ0n) is 12.4. The van der Waals surface area contributed by atoms with Gasteiger partial charge in [-0.25, -0.2) is 0 Å². The molecule has 6 nitrogen and oxygen atoms in total. The third-order valence-electron chi connectivity index (χ3n) is 3.66. The minimum absolute atomic E-state index is 0.0652. The molecule has 0 atom stereocenters.